The Morgan fingerprint density at radius 2 is 1.97 bits per heavy atom. The van der Waals surface area contributed by atoms with Crippen molar-refractivity contribution in [3.63, 3.8) is 0 Å². The fourth-order valence-electron chi connectivity index (χ4n) is 2.78. The number of nitrogens with one attached hydrogen (secondary N) is 1. The first kappa shape index (κ1) is 19.4. The number of nitrogens with zero attached hydrogens (tertiary/aromatic N) is 3. The third-order valence-electron chi connectivity index (χ3n) is 4.01. The molecule has 3 aromatic heterocycles. The number of hydrogen-bond acceptors (Lipinski definition) is 6. The number of amides is 1. The highest BCUT2D eigenvalue weighted by Crippen LogP contribution is 2.29. The third kappa shape index (κ3) is 4.38. The number of thiazole rings is 1. The largest absolute Gasteiger partial charge is 0.491 e. The lowest BCUT2D eigenvalue weighted by atomic mass is 10.2. The number of aryl methyl sites for hydroxylation is 1. The Kier molecular flexibility index (Phi) is 5.46. The van der Waals surface area contributed by atoms with E-state index < -0.39 is 0 Å². The van der Waals surface area contributed by atoms with E-state index in [1.165, 1.54) is 11.3 Å². The Morgan fingerprint density at radius 3 is 2.66 bits per heavy atom. The van der Waals surface area contributed by atoms with E-state index >= 15 is 0 Å². The number of thiophene rings is 1. The fraction of sp³-hybridized carbons (Fsp3) is 0.190. The molecule has 1 amide bonds. The molecule has 0 bridgehead atoms. The van der Waals surface area contributed by atoms with Gasteiger partial charge in [-0.1, -0.05) is 6.07 Å². The minimum absolute atomic E-state index is 0.0874. The van der Waals surface area contributed by atoms with E-state index in [0.29, 0.717) is 16.5 Å². The molecule has 0 aliphatic heterocycles. The van der Waals surface area contributed by atoms with E-state index in [1.54, 1.807) is 40.3 Å². The highest BCUT2D eigenvalue weighted by atomic mass is 32.1. The summed E-state index contributed by atoms with van der Waals surface area (Å²) in [6.45, 7) is 5.82. The van der Waals surface area contributed by atoms with Crippen molar-refractivity contribution in [3.8, 4) is 21.5 Å². The molecule has 0 saturated heterocycles. The van der Waals surface area contributed by atoms with Gasteiger partial charge < -0.3 is 10.1 Å². The van der Waals surface area contributed by atoms with E-state index in [0.717, 1.165) is 22.0 Å². The van der Waals surface area contributed by atoms with E-state index in [-0.39, 0.29) is 12.0 Å². The van der Waals surface area contributed by atoms with Crippen LogP contribution >= 0.6 is 22.7 Å². The van der Waals surface area contributed by atoms with Crippen molar-refractivity contribution in [2.45, 2.75) is 26.9 Å². The minimum atomic E-state index is -0.211. The smallest absolute Gasteiger partial charge is 0.256 e. The molecule has 4 rings (SSSR count). The predicted octanol–water partition coefficient (Wildman–Crippen LogP) is 5.41. The maximum atomic E-state index is 12.7. The number of ether oxygens (including phenoxy) is 1. The number of rotatable bonds is 6. The van der Waals surface area contributed by atoms with Gasteiger partial charge in [0.1, 0.15) is 11.6 Å². The number of hydrogen-bond donors (Lipinski definition) is 1. The zero-order valence-electron chi connectivity index (χ0n) is 16.2. The van der Waals surface area contributed by atoms with E-state index in [2.05, 4.69) is 15.4 Å². The van der Waals surface area contributed by atoms with Gasteiger partial charge >= 0.3 is 0 Å². The Balaban J connectivity index is 1.55. The lowest BCUT2D eigenvalue weighted by Crippen LogP contribution is -2.15. The minimum Gasteiger partial charge on any atom is -0.491 e. The van der Waals surface area contributed by atoms with Crippen molar-refractivity contribution in [1.29, 1.82) is 0 Å². The van der Waals surface area contributed by atoms with Crippen molar-refractivity contribution in [2.75, 3.05) is 5.32 Å². The third-order valence-corrected chi connectivity index (χ3v) is 5.72. The van der Waals surface area contributed by atoms with Crippen molar-refractivity contribution < 1.29 is 9.53 Å². The Hall–Kier alpha value is -2.97. The van der Waals surface area contributed by atoms with Gasteiger partial charge in [-0.3, -0.25) is 4.79 Å². The Bertz CT molecular complexity index is 1110. The molecular formula is C21H20N4O2S2. The maximum absolute atomic E-state index is 12.7. The predicted molar refractivity (Wildman–Crippen MR) is 117 cm³/mol. The second-order valence-electron chi connectivity index (χ2n) is 6.72. The Morgan fingerprint density at radius 1 is 1.17 bits per heavy atom. The first-order valence-corrected chi connectivity index (χ1v) is 10.9. The molecule has 1 aromatic carbocycles. The van der Waals surface area contributed by atoms with Crippen molar-refractivity contribution in [1.82, 2.24) is 14.8 Å². The molecule has 8 heteroatoms. The van der Waals surface area contributed by atoms with Gasteiger partial charge in [-0.15, -0.1) is 22.7 Å². The summed E-state index contributed by atoms with van der Waals surface area (Å²) in [6.07, 6.45) is 0.0874. The molecule has 0 aliphatic carbocycles. The lowest BCUT2D eigenvalue weighted by molar-refractivity contribution is 0.102. The van der Waals surface area contributed by atoms with Gasteiger partial charge in [0.2, 0.25) is 5.13 Å². The molecule has 0 unspecified atom stereocenters. The topological polar surface area (TPSA) is 69.0 Å². The van der Waals surface area contributed by atoms with E-state index in [1.807, 2.05) is 49.7 Å². The fourth-order valence-corrected chi connectivity index (χ4v) is 4.33. The van der Waals surface area contributed by atoms with Crippen molar-refractivity contribution in [2.24, 2.45) is 0 Å². The monoisotopic (exact) mass is 424 g/mol. The summed E-state index contributed by atoms with van der Waals surface area (Å²) < 4.78 is 7.30. The quantitative estimate of drug-likeness (QED) is 0.450. The summed E-state index contributed by atoms with van der Waals surface area (Å²) in [5.41, 5.74) is 2.25. The van der Waals surface area contributed by atoms with Crippen molar-refractivity contribution >= 4 is 34.4 Å². The van der Waals surface area contributed by atoms with Crippen LogP contribution in [0.2, 0.25) is 0 Å². The molecule has 0 atom stereocenters. The average molecular weight is 425 g/mol. The molecule has 4 aromatic rings. The summed E-state index contributed by atoms with van der Waals surface area (Å²) in [4.78, 5) is 18.5. The molecule has 3 heterocycles. The maximum Gasteiger partial charge on any atom is 0.256 e. The zero-order valence-corrected chi connectivity index (χ0v) is 17.9. The molecule has 0 radical (unpaired) electrons. The number of benzene rings is 1. The second kappa shape index (κ2) is 8.18. The SMILES string of the molecule is Cc1cc(NC(=O)c2ccc(OC(C)C)cc2)n(-c2nc(-c3cccs3)cs2)n1. The molecule has 0 fully saturated rings. The highest BCUT2D eigenvalue weighted by Gasteiger charge is 2.16. The van der Waals surface area contributed by atoms with E-state index in [4.69, 9.17) is 4.74 Å². The average Bonchev–Trinajstić information content (AvgIpc) is 3.42. The van der Waals surface area contributed by atoms with Crippen LogP contribution < -0.4 is 10.1 Å². The normalized spacial score (nSPS) is 11.0. The highest BCUT2D eigenvalue weighted by molar-refractivity contribution is 7.15. The van der Waals surface area contributed by atoms with Gasteiger partial charge in [0, 0.05) is 17.0 Å². The van der Waals surface area contributed by atoms with Crippen LogP contribution in [0, 0.1) is 6.92 Å². The van der Waals surface area contributed by atoms with Gasteiger partial charge in [0.05, 0.1) is 22.4 Å². The first-order chi connectivity index (χ1) is 14.0. The van der Waals surface area contributed by atoms with Crippen LogP contribution in [0.25, 0.3) is 15.7 Å². The number of carbonyl (C=O) groups excluding carboxylic acids is 1. The van der Waals surface area contributed by atoms with Gasteiger partial charge in [-0.05, 0) is 56.5 Å². The standard InChI is InChI=1S/C21H20N4O2S2/c1-13(2)27-16-8-6-15(7-9-16)20(26)23-19-11-14(3)24-25(19)21-22-17(12-29-21)18-5-4-10-28-18/h4-13H,1-3H3,(H,23,26). The second-order valence-corrected chi connectivity index (χ2v) is 8.50. The summed E-state index contributed by atoms with van der Waals surface area (Å²) in [5.74, 6) is 1.11. The summed E-state index contributed by atoms with van der Waals surface area (Å²) in [6, 6.07) is 13.0. The Labute approximate surface area is 176 Å². The molecule has 0 aliphatic rings. The molecule has 0 saturated carbocycles. The molecule has 0 spiro atoms. The molecule has 29 heavy (non-hydrogen) atoms. The summed E-state index contributed by atoms with van der Waals surface area (Å²) >= 11 is 3.13. The van der Waals surface area contributed by atoms with Crippen molar-refractivity contribution in [3.05, 3.63) is 64.5 Å². The van der Waals surface area contributed by atoms with Crippen LogP contribution in [-0.2, 0) is 0 Å². The number of carbonyl (C=O) groups is 1. The van der Waals surface area contributed by atoms with Crippen LogP contribution in [0.15, 0.2) is 53.2 Å². The molecule has 1 N–H and O–H groups in total. The number of aromatic nitrogens is 3. The first-order valence-electron chi connectivity index (χ1n) is 9.14. The summed E-state index contributed by atoms with van der Waals surface area (Å²) in [5, 5.41) is 12.2. The van der Waals surface area contributed by atoms with Gasteiger partial charge in [-0.25, -0.2) is 4.98 Å². The zero-order chi connectivity index (χ0) is 20.4. The van der Waals surface area contributed by atoms with Gasteiger partial charge in [-0.2, -0.15) is 9.78 Å². The molecule has 6 nitrogen and oxygen atoms in total. The van der Waals surface area contributed by atoms with E-state index in [9.17, 15) is 4.79 Å². The van der Waals surface area contributed by atoms with Crippen LogP contribution in [0.3, 0.4) is 0 Å². The van der Waals surface area contributed by atoms with Gasteiger partial charge in [0.15, 0.2) is 0 Å². The summed E-state index contributed by atoms with van der Waals surface area (Å²) in [7, 11) is 0. The number of anilines is 1. The molecular weight excluding hydrogens is 404 g/mol. The lowest BCUT2D eigenvalue weighted by Gasteiger charge is -2.10. The van der Waals surface area contributed by atoms with Crippen LogP contribution in [0.4, 0.5) is 5.82 Å². The van der Waals surface area contributed by atoms with Gasteiger partial charge in [0.25, 0.3) is 5.91 Å². The van der Waals surface area contributed by atoms with Crippen LogP contribution in [-0.4, -0.2) is 26.8 Å². The molecule has 148 valence electrons. The van der Waals surface area contributed by atoms with Crippen LogP contribution in [0.1, 0.15) is 29.9 Å². The van der Waals surface area contributed by atoms with Crippen LogP contribution in [0.5, 0.6) is 5.75 Å².